The molecule has 0 amide bonds. The van der Waals surface area contributed by atoms with Crippen LogP contribution < -0.4 is 0 Å². The quantitative estimate of drug-likeness (QED) is 0.559. The van der Waals surface area contributed by atoms with Crippen molar-refractivity contribution in [3.63, 3.8) is 0 Å². The highest BCUT2D eigenvalue weighted by atomic mass is 16.6. The van der Waals surface area contributed by atoms with Gasteiger partial charge in [-0.2, -0.15) is 0 Å². The normalized spacial score (nSPS) is 29.4. The molecular formula is C13H18O5. The van der Waals surface area contributed by atoms with Crippen molar-refractivity contribution in [1.29, 1.82) is 0 Å². The molecule has 2 aliphatic heterocycles. The first-order valence-electron chi connectivity index (χ1n) is 6.07. The lowest BCUT2D eigenvalue weighted by molar-refractivity contribution is -0.168. The van der Waals surface area contributed by atoms with Crippen molar-refractivity contribution in [3.05, 3.63) is 12.2 Å². The van der Waals surface area contributed by atoms with Crippen LogP contribution in [0, 0.1) is 5.92 Å². The maximum atomic E-state index is 11.8. The average Bonchev–Trinajstić information content (AvgIpc) is 2.84. The van der Waals surface area contributed by atoms with Crippen molar-refractivity contribution in [2.75, 3.05) is 6.61 Å². The number of fused-ring (bicyclic) bond motifs is 2. The summed E-state index contributed by atoms with van der Waals surface area (Å²) in [6.07, 6.45) is 4.28. The SMILES string of the molecule is CC(C)(C)OC(=O)COC(=O)C1CC2C=CC1O2. The number of rotatable bonds is 3. The maximum absolute atomic E-state index is 11.8. The Kier molecular flexibility index (Phi) is 3.43. The fraction of sp³-hybridized carbons (Fsp3) is 0.692. The summed E-state index contributed by atoms with van der Waals surface area (Å²) in [6, 6.07) is 0. The lowest BCUT2D eigenvalue weighted by Crippen LogP contribution is -2.30. The van der Waals surface area contributed by atoms with Gasteiger partial charge in [0, 0.05) is 0 Å². The van der Waals surface area contributed by atoms with E-state index in [1.54, 1.807) is 20.8 Å². The molecule has 0 aromatic carbocycles. The van der Waals surface area contributed by atoms with Gasteiger partial charge in [0.2, 0.25) is 0 Å². The molecule has 0 aliphatic carbocycles. The first kappa shape index (κ1) is 13.1. The van der Waals surface area contributed by atoms with E-state index in [4.69, 9.17) is 14.2 Å². The van der Waals surface area contributed by atoms with Crippen LogP contribution in [-0.2, 0) is 23.8 Å². The number of ether oxygens (including phenoxy) is 3. The minimum absolute atomic E-state index is 0.0223. The van der Waals surface area contributed by atoms with Crippen molar-refractivity contribution in [3.8, 4) is 0 Å². The molecular weight excluding hydrogens is 236 g/mol. The molecule has 1 saturated heterocycles. The molecule has 0 spiro atoms. The van der Waals surface area contributed by atoms with Gasteiger partial charge in [-0.25, -0.2) is 4.79 Å². The number of esters is 2. The van der Waals surface area contributed by atoms with E-state index in [1.807, 2.05) is 12.2 Å². The summed E-state index contributed by atoms with van der Waals surface area (Å²) in [5.41, 5.74) is -0.568. The molecule has 5 heteroatoms. The van der Waals surface area contributed by atoms with Gasteiger partial charge in [0.05, 0.1) is 18.1 Å². The predicted octanol–water partition coefficient (Wildman–Crippen LogP) is 1.21. The lowest BCUT2D eigenvalue weighted by atomic mass is 9.95. The van der Waals surface area contributed by atoms with Crippen molar-refractivity contribution in [2.45, 2.75) is 45.0 Å². The Morgan fingerprint density at radius 2 is 2.06 bits per heavy atom. The van der Waals surface area contributed by atoms with Crippen molar-refractivity contribution >= 4 is 11.9 Å². The van der Waals surface area contributed by atoms with Gasteiger partial charge in [0.1, 0.15) is 5.60 Å². The van der Waals surface area contributed by atoms with Crippen LogP contribution in [0.2, 0.25) is 0 Å². The van der Waals surface area contributed by atoms with Crippen LogP contribution in [0.4, 0.5) is 0 Å². The van der Waals surface area contributed by atoms with E-state index in [-0.39, 0.29) is 24.7 Å². The van der Waals surface area contributed by atoms with Crippen LogP contribution >= 0.6 is 0 Å². The van der Waals surface area contributed by atoms with Crippen LogP contribution in [0.25, 0.3) is 0 Å². The summed E-state index contributed by atoms with van der Waals surface area (Å²) in [7, 11) is 0. The monoisotopic (exact) mass is 254 g/mol. The summed E-state index contributed by atoms with van der Waals surface area (Å²) >= 11 is 0. The van der Waals surface area contributed by atoms with Crippen molar-refractivity contribution < 1.29 is 23.8 Å². The molecule has 0 saturated carbocycles. The molecule has 2 aliphatic rings. The second-order valence-electron chi connectivity index (χ2n) is 5.56. The third kappa shape index (κ3) is 3.10. The van der Waals surface area contributed by atoms with Crippen LogP contribution in [0.1, 0.15) is 27.2 Å². The highest BCUT2D eigenvalue weighted by Crippen LogP contribution is 2.34. The average molecular weight is 254 g/mol. The molecule has 100 valence electrons. The Hall–Kier alpha value is -1.36. The van der Waals surface area contributed by atoms with E-state index in [0.29, 0.717) is 6.42 Å². The van der Waals surface area contributed by atoms with Crippen molar-refractivity contribution in [2.24, 2.45) is 5.92 Å². The molecule has 2 heterocycles. The molecule has 5 nitrogen and oxygen atoms in total. The van der Waals surface area contributed by atoms with Crippen LogP contribution in [0.3, 0.4) is 0 Å². The Labute approximate surface area is 106 Å². The highest BCUT2D eigenvalue weighted by Gasteiger charge is 2.42. The molecule has 2 rings (SSSR count). The van der Waals surface area contributed by atoms with Gasteiger partial charge < -0.3 is 14.2 Å². The zero-order chi connectivity index (χ0) is 13.3. The fourth-order valence-electron chi connectivity index (χ4n) is 2.11. The molecule has 0 aromatic heterocycles. The first-order valence-corrected chi connectivity index (χ1v) is 6.07. The summed E-state index contributed by atoms with van der Waals surface area (Å²) in [4.78, 5) is 23.2. The fourth-order valence-corrected chi connectivity index (χ4v) is 2.11. The molecule has 2 bridgehead atoms. The van der Waals surface area contributed by atoms with E-state index in [0.717, 1.165) is 0 Å². The molecule has 3 unspecified atom stereocenters. The van der Waals surface area contributed by atoms with Gasteiger partial charge in [-0.3, -0.25) is 4.79 Å². The molecule has 18 heavy (non-hydrogen) atoms. The van der Waals surface area contributed by atoms with Gasteiger partial charge in [-0.1, -0.05) is 12.2 Å². The minimum Gasteiger partial charge on any atom is -0.457 e. The minimum atomic E-state index is -0.568. The van der Waals surface area contributed by atoms with E-state index in [2.05, 4.69) is 0 Å². The summed E-state index contributed by atoms with van der Waals surface area (Å²) in [5, 5.41) is 0. The predicted molar refractivity (Wildman–Crippen MR) is 62.7 cm³/mol. The van der Waals surface area contributed by atoms with Gasteiger partial charge in [0.25, 0.3) is 0 Å². The molecule has 0 N–H and O–H groups in total. The Morgan fingerprint density at radius 1 is 1.33 bits per heavy atom. The van der Waals surface area contributed by atoms with Crippen LogP contribution in [0.15, 0.2) is 12.2 Å². The standard InChI is InChI=1S/C13H18O5/c1-13(2,3)18-11(14)7-16-12(15)9-6-8-4-5-10(9)17-8/h4-5,8-10H,6-7H2,1-3H3. The highest BCUT2D eigenvalue weighted by molar-refractivity contribution is 5.79. The molecule has 1 fully saturated rings. The topological polar surface area (TPSA) is 61.8 Å². The van der Waals surface area contributed by atoms with Gasteiger partial charge in [-0.15, -0.1) is 0 Å². The summed E-state index contributed by atoms with van der Waals surface area (Å²) in [6.45, 7) is 4.96. The summed E-state index contributed by atoms with van der Waals surface area (Å²) < 4.78 is 15.5. The second-order valence-corrected chi connectivity index (χ2v) is 5.56. The van der Waals surface area contributed by atoms with E-state index < -0.39 is 17.5 Å². The maximum Gasteiger partial charge on any atom is 0.344 e. The second kappa shape index (κ2) is 4.72. The van der Waals surface area contributed by atoms with E-state index in [1.165, 1.54) is 0 Å². The molecule has 3 atom stereocenters. The Bertz CT molecular complexity index is 379. The van der Waals surface area contributed by atoms with Crippen molar-refractivity contribution in [1.82, 2.24) is 0 Å². The van der Waals surface area contributed by atoms with Gasteiger partial charge in [-0.05, 0) is 27.2 Å². The Balaban J connectivity index is 1.76. The Morgan fingerprint density at radius 3 is 2.56 bits per heavy atom. The number of carbonyl (C=O) groups excluding carboxylic acids is 2. The number of hydrogen-bond acceptors (Lipinski definition) is 5. The zero-order valence-corrected chi connectivity index (χ0v) is 10.8. The zero-order valence-electron chi connectivity index (χ0n) is 10.8. The van der Waals surface area contributed by atoms with Crippen LogP contribution in [0.5, 0.6) is 0 Å². The third-order valence-electron chi connectivity index (χ3n) is 2.79. The summed E-state index contributed by atoms with van der Waals surface area (Å²) in [5.74, 6) is -1.21. The van der Waals surface area contributed by atoms with Gasteiger partial charge in [0.15, 0.2) is 6.61 Å². The van der Waals surface area contributed by atoms with E-state index >= 15 is 0 Å². The third-order valence-corrected chi connectivity index (χ3v) is 2.79. The molecule has 0 aromatic rings. The van der Waals surface area contributed by atoms with Gasteiger partial charge >= 0.3 is 11.9 Å². The molecule has 0 radical (unpaired) electrons. The largest absolute Gasteiger partial charge is 0.457 e. The lowest BCUT2D eigenvalue weighted by Gasteiger charge is -2.20. The first-order chi connectivity index (χ1) is 8.35. The smallest absolute Gasteiger partial charge is 0.344 e. The van der Waals surface area contributed by atoms with E-state index in [9.17, 15) is 9.59 Å². The number of hydrogen-bond donors (Lipinski definition) is 0. The number of carbonyl (C=O) groups is 2. The van der Waals surface area contributed by atoms with Crippen LogP contribution in [-0.4, -0.2) is 36.4 Å².